The van der Waals surface area contributed by atoms with Crippen LogP contribution in [0.5, 0.6) is 0 Å². The standard InChI is InChI=1S/C60H22F44N4/c61-41(62,47(73,74)53(85,86)57(93,94)95)27-7-11-31(12-8-27)107-35-15-5-25(17-33(35)39-37(107)19-29(21-105-39)43(65,66)45(69,70)49(77,78)51(81,82)55(89,90)59(99,100)101)23-1-2-24(4-3-23)26-6-16-36-34(18-26)40-38(108(36)32-13-9-28(10-14-32)42(63,64)48(75,76)54(87,88)58(96,97)98)20-30(22-106-40)44(67,68)46(71,72)50(79,80)52(83,84)56(91,92)60(102,103)104/h1-22H. The summed E-state index contributed by atoms with van der Waals surface area (Å²) in [6.07, 6.45) is -31.8. The Morgan fingerprint density at radius 3 is 0.657 bits per heavy atom. The smallest absolute Gasteiger partial charge is 0.308 e. The topological polar surface area (TPSA) is 35.6 Å². The van der Waals surface area contributed by atoms with E-state index in [-0.39, 0.29) is 79.9 Å². The second-order valence-corrected chi connectivity index (χ2v) is 23.2. The molecule has 4 aromatic heterocycles. The van der Waals surface area contributed by atoms with Crippen LogP contribution < -0.4 is 0 Å². The van der Waals surface area contributed by atoms with Gasteiger partial charge in [-0.15, -0.1) is 0 Å². The Morgan fingerprint density at radius 1 is 0.194 bits per heavy atom. The highest BCUT2D eigenvalue weighted by atomic mass is 19.5. The second-order valence-electron chi connectivity index (χ2n) is 23.2. The van der Waals surface area contributed by atoms with Crippen LogP contribution in [0.25, 0.3) is 77.5 Å². The number of rotatable bonds is 20. The van der Waals surface area contributed by atoms with E-state index in [0.717, 1.165) is 60.7 Å². The molecule has 0 aliphatic heterocycles. The van der Waals surface area contributed by atoms with Crippen LogP contribution in [-0.2, 0) is 23.7 Å². The Balaban J connectivity index is 1.19. The first-order valence-corrected chi connectivity index (χ1v) is 27.8. The molecule has 0 atom stereocenters. The molecule has 4 nitrogen and oxygen atoms in total. The highest BCUT2D eigenvalue weighted by molar-refractivity contribution is 6.10. The lowest BCUT2D eigenvalue weighted by Crippen LogP contribution is -2.69. The zero-order valence-electron chi connectivity index (χ0n) is 50.1. The Morgan fingerprint density at radius 2 is 0.407 bits per heavy atom. The molecule has 48 heteroatoms. The average Bonchev–Trinajstić information content (AvgIpc) is 1.52. The van der Waals surface area contributed by atoms with Crippen molar-refractivity contribution in [2.45, 2.75) is 119 Å². The molecule has 0 aliphatic carbocycles. The molecule has 590 valence electrons. The van der Waals surface area contributed by atoms with Crippen molar-refractivity contribution >= 4 is 43.9 Å². The lowest BCUT2D eigenvalue weighted by Gasteiger charge is -2.39. The fraction of sp³-hybridized carbons (Fsp3) is 0.333. The molecule has 9 rings (SSSR count). The molecule has 0 saturated carbocycles. The molecule has 0 fully saturated rings. The molecule has 0 aliphatic rings. The fourth-order valence-corrected chi connectivity index (χ4v) is 10.5. The summed E-state index contributed by atoms with van der Waals surface area (Å²) in [5, 5.41) is -1.28. The highest BCUT2D eigenvalue weighted by Gasteiger charge is 2.93. The number of alkyl halides is 44. The third-order valence-corrected chi connectivity index (χ3v) is 16.6. The lowest BCUT2D eigenvalue weighted by molar-refractivity contribution is -0.441. The number of nitrogens with zero attached hydrogens (tertiary/aromatic N) is 4. The number of benzene rings is 5. The summed E-state index contributed by atoms with van der Waals surface area (Å²) < 4.78 is 624. The highest BCUT2D eigenvalue weighted by Crippen LogP contribution is 2.66. The van der Waals surface area contributed by atoms with Gasteiger partial charge in [0, 0.05) is 56.8 Å². The Hall–Kier alpha value is -9.08. The molecule has 0 unspecified atom stereocenters. The van der Waals surface area contributed by atoms with Crippen molar-refractivity contribution in [2.24, 2.45) is 0 Å². The molecule has 0 saturated heterocycles. The summed E-state index contributed by atoms with van der Waals surface area (Å²) in [4.78, 5) is 6.70. The first-order valence-electron chi connectivity index (χ1n) is 27.8. The number of halogens is 44. The fourth-order valence-electron chi connectivity index (χ4n) is 10.5. The minimum atomic E-state index is -8.47. The lowest BCUT2D eigenvalue weighted by atomic mass is 9.91. The maximum atomic E-state index is 15.8. The molecule has 108 heavy (non-hydrogen) atoms. The summed E-state index contributed by atoms with van der Waals surface area (Å²) in [5.41, 5.74) is -19.6. The Bertz CT molecular complexity index is 4620. The van der Waals surface area contributed by atoms with E-state index in [1.807, 2.05) is 0 Å². The molecule has 0 N–H and O–H groups in total. The molecule has 0 amide bonds. The molecular formula is C60H22F44N4. The van der Waals surface area contributed by atoms with Gasteiger partial charge in [-0.3, -0.25) is 9.97 Å². The number of pyridine rings is 2. The normalized spacial score (nSPS) is 15.2. The van der Waals surface area contributed by atoms with Gasteiger partial charge in [-0.05, 0) is 82.9 Å². The summed E-state index contributed by atoms with van der Waals surface area (Å²) in [6, 6.07) is 6.76. The van der Waals surface area contributed by atoms with Gasteiger partial charge < -0.3 is 9.13 Å². The van der Waals surface area contributed by atoms with Crippen molar-refractivity contribution in [3.63, 3.8) is 0 Å². The Kier molecular flexibility index (Phi) is 18.6. The molecule has 0 spiro atoms. The number of aromatic nitrogens is 4. The Labute approximate surface area is 564 Å². The second kappa shape index (κ2) is 24.2. The minimum absolute atomic E-state index is 0.0409. The third kappa shape index (κ3) is 11.3. The largest absolute Gasteiger partial charge is 0.460 e. The van der Waals surface area contributed by atoms with Crippen molar-refractivity contribution < 1.29 is 193 Å². The predicted octanol–water partition coefficient (Wildman–Crippen LogP) is 24.2. The maximum Gasteiger partial charge on any atom is 0.460 e. The molecule has 5 aromatic carbocycles. The van der Waals surface area contributed by atoms with Crippen molar-refractivity contribution in [3.05, 3.63) is 156 Å². The summed E-state index contributed by atoms with van der Waals surface area (Å²) in [7, 11) is 0. The van der Waals surface area contributed by atoms with E-state index in [1.54, 1.807) is 0 Å². The van der Waals surface area contributed by atoms with Gasteiger partial charge in [-0.25, -0.2) is 0 Å². The van der Waals surface area contributed by atoms with Gasteiger partial charge in [0.05, 0.1) is 33.1 Å². The summed E-state index contributed by atoms with van der Waals surface area (Å²) in [5.74, 6) is -124. The first-order chi connectivity index (χ1) is 48.3. The van der Waals surface area contributed by atoms with E-state index in [1.165, 1.54) is 0 Å². The van der Waals surface area contributed by atoms with Crippen molar-refractivity contribution in [1.82, 2.24) is 19.1 Å². The molecule has 0 radical (unpaired) electrons. The zero-order chi connectivity index (χ0) is 82.5. The molecular weight excluding hydrogens is 1610 g/mol. The van der Waals surface area contributed by atoms with Gasteiger partial charge in [0.25, 0.3) is 0 Å². The monoisotopic (exact) mass is 1630 g/mol. The quantitative estimate of drug-likeness (QED) is 0.0713. The summed E-state index contributed by atoms with van der Waals surface area (Å²) >= 11 is 0. The molecule has 4 heterocycles. The van der Waals surface area contributed by atoms with Crippen molar-refractivity contribution in [2.75, 3.05) is 0 Å². The van der Waals surface area contributed by atoms with Crippen LogP contribution in [0, 0.1) is 0 Å². The van der Waals surface area contributed by atoms with Crippen molar-refractivity contribution in [3.8, 4) is 33.6 Å². The van der Waals surface area contributed by atoms with Gasteiger partial charge in [0.2, 0.25) is 0 Å². The van der Waals surface area contributed by atoms with E-state index in [0.29, 0.717) is 0 Å². The average molecular weight is 1630 g/mol. The van der Waals surface area contributed by atoms with Crippen LogP contribution in [0.2, 0.25) is 0 Å². The first kappa shape index (κ1) is 83.0. The van der Waals surface area contributed by atoms with Gasteiger partial charge in [0.1, 0.15) is 0 Å². The van der Waals surface area contributed by atoms with Crippen LogP contribution >= 0.6 is 0 Å². The van der Waals surface area contributed by atoms with Gasteiger partial charge in [0.15, 0.2) is 0 Å². The minimum Gasteiger partial charge on any atom is -0.308 e. The van der Waals surface area contributed by atoms with E-state index in [9.17, 15) is 140 Å². The molecule has 9 aromatic rings. The van der Waals surface area contributed by atoms with Crippen LogP contribution in [-0.4, -0.2) is 115 Å². The third-order valence-electron chi connectivity index (χ3n) is 16.6. The van der Waals surface area contributed by atoms with Crippen LogP contribution in [0.3, 0.4) is 0 Å². The SMILES string of the molecule is FC(F)(F)C(F)(F)C(F)(F)C(F)(F)c1ccc(-n2c3ccc(-c4ccc(-c5ccc6c(c5)c5ncc(C(F)(F)C(F)(F)C(F)(F)C(F)(F)C(F)(F)C(F)(F)F)cc5n6-c5ccc(C(F)(F)C(F)(F)C(F)(F)C(F)(F)F)cc5)cc4)cc3c3ncc(C(F)(F)C(F)(F)C(F)(F)C(F)(F)C(F)(F)C(F)(F)F)cc32)cc1. The number of hydrogen-bond acceptors (Lipinski definition) is 2. The zero-order valence-corrected chi connectivity index (χ0v) is 50.1. The van der Waals surface area contributed by atoms with E-state index in [4.69, 9.17) is 0 Å². The maximum absolute atomic E-state index is 15.8. The van der Waals surface area contributed by atoms with E-state index in [2.05, 4.69) is 9.97 Å². The predicted molar refractivity (Wildman–Crippen MR) is 281 cm³/mol. The number of fused-ring (bicyclic) bond motifs is 6. The van der Waals surface area contributed by atoms with Crippen molar-refractivity contribution in [1.29, 1.82) is 0 Å². The van der Waals surface area contributed by atoms with E-state index >= 15 is 52.7 Å². The van der Waals surface area contributed by atoms with E-state index < -0.39 is 221 Å². The van der Waals surface area contributed by atoms with Gasteiger partial charge >= 0.3 is 119 Å². The molecule has 0 bridgehead atoms. The van der Waals surface area contributed by atoms with Crippen LogP contribution in [0.15, 0.2) is 134 Å². The van der Waals surface area contributed by atoms with Gasteiger partial charge in [-0.2, -0.15) is 193 Å². The van der Waals surface area contributed by atoms with Gasteiger partial charge in [-0.1, -0.05) is 60.7 Å². The number of hydrogen-bond donors (Lipinski definition) is 0. The van der Waals surface area contributed by atoms with Crippen LogP contribution in [0.1, 0.15) is 22.3 Å². The summed E-state index contributed by atoms with van der Waals surface area (Å²) in [6.45, 7) is 0. The van der Waals surface area contributed by atoms with Crippen LogP contribution in [0.4, 0.5) is 193 Å².